The van der Waals surface area contributed by atoms with E-state index in [4.69, 9.17) is 26.2 Å². The third kappa shape index (κ3) is 6.02. The van der Waals surface area contributed by atoms with E-state index in [-0.39, 0.29) is 28.1 Å². The lowest BCUT2D eigenvalue weighted by molar-refractivity contribution is -0.109. The van der Waals surface area contributed by atoms with Gasteiger partial charge in [-0.1, -0.05) is 25.0 Å². The van der Waals surface area contributed by atoms with Gasteiger partial charge < -0.3 is 45.0 Å². The number of nitrogens with one attached hydrogen (secondary N) is 1. The van der Waals surface area contributed by atoms with E-state index in [0.717, 1.165) is 25.7 Å². The highest BCUT2D eigenvalue weighted by molar-refractivity contribution is 7.53. The predicted octanol–water partition coefficient (Wildman–Crippen LogP) is 1.28. The van der Waals surface area contributed by atoms with Crippen LogP contribution in [0.3, 0.4) is 0 Å². The molecule has 0 spiro atoms. The van der Waals surface area contributed by atoms with Gasteiger partial charge in [-0.15, -0.1) is 0 Å². The van der Waals surface area contributed by atoms with Crippen molar-refractivity contribution in [2.45, 2.75) is 68.0 Å². The molecule has 0 radical (unpaired) electrons. The van der Waals surface area contributed by atoms with Gasteiger partial charge in [0.1, 0.15) is 24.1 Å². The van der Waals surface area contributed by atoms with Gasteiger partial charge in [-0.05, 0) is 42.1 Å². The molecule has 1 aliphatic heterocycles. The van der Waals surface area contributed by atoms with Crippen LogP contribution in [0.2, 0.25) is 5.28 Å². The quantitative estimate of drug-likeness (QED) is 0.117. The second-order valence-electron chi connectivity index (χ2n) is 10.5. The largest absolute Gasteiger partial charge is 0.478 e. The molecule has 1 aliphatic carbocycles. The first kappa shape index (κ1) is 30.7. The number of aromatic nitrogens is 4. The van der Waals surface area contributed by atoms with E-state index < -0.39 is 63.1 Å². The van der Waals surface area contributed by atoms with E-state index >= 15 is 0 Å². The van der Waals surface area contributed by atoms with Crippen LogP contribution in [-0.2, 0) is 20.5 Å². The minimum atomic E-state index is -5.16. The zero-order valence-corrected chi connectivity index (χ0v) is 23.8. The summed E-state index contributed by atoms with van der Waals surface area (Å²) in [7, 11) is -5.16. The van der Waals surface area contributed by atoms with E-state index in [9.17, 15) is 34.5 Å². The number of anilines is 1. The molecular weight excluding hydrogens is 597 g/mol. The Kier molecular flexibility index (Phi) is 8.86. The molecule has 228 valence electrons. The maximum atomic E-state index is 12.5. The van der Waals surface area contributed by atoms with Crippen molar-refractivity contribution in [3.8, 4) is 0 Å². The summed E-state index contributed by atoms with van der Waals surface area (Å²) < 4.78 is 25.2. The fourth-order valence-corrected chi connectivity index (χ4v) is 6.26. The number of hydrogen-bond donors (Lipinski definition) is 7. The molecule has 1 saturated carbocycles. The number of halogens is 1. The van der Waals surface area contributed by atoms with Crippen LogP contribution in [0, 0.1) is 0 Å². The Morgan fingerprint density at radius 2 is 1.86 bits per heavy atom. The number of ether oxygens (including phenoxy) is 2. The number of fused-ring (bicyclic) bond motifs is 1. The number of carboxylic acid groups (broad SMARTS) is 1. The van der Waals surface area contributed by atoms with Crippen molar-refractivity contribution in [2.75, 3.05) is 18.5 Å². The van der Waals surface area contributed by atoms with Gasteiger partial charge in [0.2, 0.25) is 5.28 Å². The Morgan fingerprint density at radius 3 is 2.48 bits per heavy atom. The molecule has 42 heavy (non-hydrogen) atoms. The molecule has 1 aromatic carbocycles. The molecule has 15 nitrogen and oxygen atoms in total. The molecule has 2 fully saturated rings. The third-order valence-corrected chi connectivity index (χ3v) is 9.34. The third-order valence-electron chi connectivity index (χ3n) is 7.68. The Bertz CT molecular complexity index is 1480. The predicted molar refractivity (Wildman–Crippen MR) is 147 cm³/mol. The monoisotopic (exact) mass is 627 g/mol. The molecule has 2 aliphatic rings. The molecule has 5 atom stereocenters. The summed E-state index contributed by atoms with van der Waals surface area (Å²) in [6.45, 7) is -1.74. The SMILES string of the molecule is O=C(O)c1ccc(C[C@](CO)(OC[C@H]2O[C@@H](n3ncc4c(NC5CCCC5)nc(Cl)nc43)[C@H](O)[C@@H]2O)P(=O)(O)O)cc1. The van der Waals surface area contributed by atoms with Crippen molar-refractivity contribution >= 4 is 42.0 Å². The number of benzene rings is 1. The fraction of sp³-hybridized carbons (Fsp3) is 0.520. The van der Waals surface area contributed by atoms with Crippen LogP contribution in [0.1, 0.15) is 47.8 Å². The van der Waals surface area contributed by atoms with Crippen molar-refractivity contribution in [1.29, 1.82) is 0 Å². The van der Waals surface area contributed by atoms with Crippen LogP contribution in [0.4, 0.5) is 5.82 Å². The zero-order valence-electron chi connectivity index (χ0n) is 22.2. The molecule has 7 N–H and O–H groups in total. The number of nitrogens with zero attached hydrogens (tertiary/aromatic N) is 4. The topological polar surface area (TPSA) is 230 Å². The average molecular weight is 628 g/mol. The summed E-state index contributed by atoms with van der Waals surface area (Å²) in [4.78, 5) is 39.9. The van der Waals surface area contributed by atoms with Crippen LogP contribution in [0.15, 0.2) is 30.5 Å². The summed E-state index contributed by atoms with van der Waals surface area (Å²) in [6, 6.07) is 5.42. The minimum absolute atomic E-state index is 0.0351. The number of hydrogen-bond acceptors (Lipinski definition) is 11. The lowest BCUT2D eigenvalue weighted by Gasteiger charge is -2.34. The lowest BCUT2D eigenvalue weighted by Crippen LogP contribution is -2.43. The number of rotatable bonds is 11. The van der Waals surface area contributed by atoms with Gasteiger partial charge in [-0.3, -0.25) is 4.57 Å². The van der Waals surface area contributed by atoms with E-state index in [2.05, 4.69) is 20.4 Å². The molecule has 3 heterocycles. The molecule has 0 bridgehead atoms. The van der Waals surface area contributed by atoms with Crippen molar-refractivity contribution < 1.29 is 49.0 Å². The second kappa shape index (κ2) is 12.1. The van der Waals surface area contributed by atoms with Gasteiger partial charge in [0.15, 0.2) is 17.2 Å². The lowest BCUT2D eigenvalue weighted by atomic mass is 10.1. The summed E-state index contributed by atoms with van der Waals surface area (Å²) in [6.07, 6.45) is -0.510. The van der Waals surface area contributed by atoms with E-state index in [1.807, 2.05) is 0 Å². The first-order valence-electron chi connectivity index (χ1n) is 13.2. The van der Waals surface area contributed by atoms with Gasteiger partial charge in [-0.25, -0.2) is 9.48 Å². The Hall–Kier alpha value is -2.72. The molecule has 0 amide bonds. The van der Waals surface area contributed by atoms with Crippen LogP contribution in [0.5, 0.6) is 0 Å². The van der Waals surface area contributed by atoms with Crippen LogP contribution in [-0.4, -0.2) is 98.8 Å². The average Bonchev–Trinajstić information content (AvgIpc) is 3.67. The highest BCUT2D eigenvalue weighted by atomic mass is 35.5. The molecule has 0 unspecified atom stereocenters. The summed E-state index contributed by atoms with van der Waals surface area (Å²) in [5, 5.41) is 46.4. The van der Waals surface area contributed by atoms with Crippen LogP contribution >= 0.6 is 19.2 Å². The van der Waals surface area contributed by atoms with Gasteiger partial charge >= 0.3 is 13.6 Å². The van der Waals surface area contributed by atoms with E-state index in [1.165, 1.54) is 35.1 Å². The smallest absolute Gasteiger partial charge is 0.359 e. The van der Waals surface area contributed by atoms with Gasteiger partial charge in [0.05, 0.1) is 30.4 Å². The number of carbonyl (C=O) groups is 1. The van der Waals surface area contributed by atoms with Crippen LogP contribution in [0.25, 0.3) is 11.0 Å². The highest BCUT2D eigenvalue weighted by Gasteiger charge is 2.51. The van der Waals surface area contributed by atoms with Crippen LogP contribution < -0.4 is 5.32 Å². The van der Waals surface area contributed by atoms with Crippen molar-refractivity contribution in [3.05, 3.63) is 46.9 Å². The Balaban J connectivity index is 1.35. The summed E-state index contributed by atoms with van der Waals surface area (Å²) >= 11 is 6.19. The van der Waals surface area contributed by atoms with E-state index in [1.54, 1.807) is 0 Å². The molecule has 3 aromatic rings. The molecule has 1 saturated heterocycles. The van der Waals surface area contributed by atoms with Crippen molar-refractivity contribution in [3.63, 3.8) is 0 Å². The normalized spacial score (nSPS) is 24.7. The molecule has 2 aromatic heterocycles. The summed E-state index contributed by atoms with van der Waals surface area (Å²) in [5.74, 6) is -0.705. The minimum Gasteiger partial charge on any atom is -0.478 e. The number of aliphatic hydroxyl groups excluding tert-OH is 3. The molecular formula is C25H31ClN5O10P. The van der Waals surface area contributed by atoms with Crippen molar-refractivity contribution in [2.24, 2.45) is 0 Å². The fourth-order valence-electron chi connectivity index (χ4n) is 5.28. The zero-order chi connectivity index (χ0) is 30.2. The van der Waals surface area contributed by atoms with Gasteiger partial charge in [0.25, 0.3) is 0 Å². The van der Waals surface area contributed by atoms with Gasteiger partial charge in [0, 0.05) is 12.5 Å². The Labute approximate surface area is 244 Å². The second-order valence-corrected chi connectivity index (χ2v) is 12.7. The first-order valence-corrected chi connectivity index (χ1v) is 15.2. The standard InChI is InChI=1S/C25H31ClN5O10P/c26-24-29-20(28-15-3-1-2-4-15)16-10-27-31(21(16)30-24)22-19(34)18(33)17(41-22)11-40-25(12-32,42(37,38)39)9-13-5-7-14(8-6-13)23(35)36/h5-8,10,15,17-19,22,32-34H,1-4,9,11-12H2,(H,35,36)(H,28,29,30)(H2,37,38,39)/t17-,18-,19-,22-,25+/m1/s1. The molecule has 17 heteroatoms. The number of carboxylic acids is 1. The molecule has 5 rings (SSSR count). The van der Waals surface area contributed by atoms with E-state index in [0.29, 0.717) is 11.2 Å². The number of aliphatic hydroxyl groups is 3. The maximum absolute atomic E-state index is 12.5. The number of aromatic carboxylic acids is 1. The first-order chi connectivity index (χ1) is 19.9. The van der Waals surface area contributed by atoms with Gasteiger partial charge in [-0.2, -0.15) is 15.1 Å². The summed E-state index contributed by atoms with van der Waals surface area (Å²) in [5.41, 5.74) is 0.481. The van der Waals surface area contributed by atoms with Crippen molar-refractivity contribution in [1.82, 2.24) is 19.7 Å². The Morgan fingerprint density at radius 1 is 1.17 bits per heavy atom. The maximum Gasteiger partial charge on any atom is 0.359 e. The highest BCUT2D eigenvalue weighted by Crippen LogP contribution is 2.53.